The Kier molecular flexibility index (Phi) is 7.19. The summed E-state index contributed by atoms with van der Waals surface area (Å²) < 4.78 is 5.70. The van der Waals surface area contributed by atoms with Crippen molar-refractivity contribution in [3.63, 3.8) is 0 Å². The molecular formula is C17H27N3O2. The Morgan fingerprint density at radius 1 is 1.09 bits per heavy atom. The Bertz CT molecular complexity index is 431. The fourth-order valence-corrected chi connectivity index (χ4v) is 2.60. The van der Waals surface area contributed by atoms with Gasteiger partial charge in [-0.3, -0.25) is 9.69 Å². The number of nitrogens with zero attached hydrogens (tertiary/aromatic N) is 2. The predicted octanol–water partition coefficient (Wildman–Crippen LogP) is 1.21. The molecule has 0 radical (unpaired) electrons. The Morgan fingerprint density at radius 3 is 2.45 bits per heavy atom. The first-order valence-electron chi connectivity index (χ1n) is 8.11. The number of amides is 1. The van der Waals surface area contributed by atoms with Crippen molar-refractivity contribution in [2.45, 2.75) is 12.8 Å². The van der Waals surface area contributed by atoms with Gasteiger partial charge in [0.15, 0.2) is 0 Å². The highest BCUT2D eigenvalue weighted by Crippen LogP contribution is 2.09. The van der Waals surface area contributed by atoms with E-state index in [0.717, 1.165) is 57.9 Å². The van der Waals surface area contributed by atoms with E-state index in [2.05, 4.69) is 15.1 Å². The summed E-state index contributed by atoms with van der Waals surface area (Å²) in [7, 11) is 1.69. The van der Waals surface area contributed by atoms with Crippen LogP contribution in [0.5, 0.6) is 5.75 Å². The minimum atomic E-state index is 0.103. The monoisotopic (exact) mass is 305 g/mol. The molecule has 5 heteroatoms. The lowest BCUT2D eigenvalue weighted by Crippen LogP contribution is -2.49. The van der Waals surface area contributed by atoms with E-state index in [1.807, 2.05) is 30.3 Å². The van der Waals surface area contributed by atoms with Gasteiger partial charge in [-0.1, -0.05) is 18.2 Å². The van der Waals surface area contributed by atoms with Gasteiger partial charge in [0, 0.05) is 33.2 Å². The van der Waals surface area contributed by atoms with Crippen LogP contribution in [-0.4, -0.2) is 68.6 Å². The third kappa shape index (κ3) is 6.03. The summed E-state index contributed by atoms with van der Waals surface area (Å²) in [5.74, 6) is 1.05. The number of nitrogens with one attached hydrogen (secondary N) is 1. The Morgan fingerprint density at radius 2 is 1.77 bits per heavy atom. The number of hydrogen-bond donors (Lipinski definition) is 1. The molecule has 0 aromatic heterocycles. The third-order valence-electron chi connectivity index (χ3n) is 3.99. The van der Waals surface area contributed by atoms with E-state index in [4.69, 9.17) is 4.74 Å². The molecule has 122 valence electrons. The average Bonchev–Trinajstić information content (AvgIpc) is 2.57. The zero-order chi connectivity index (χ0) is 15.6. The summed E-state index contributed by atoms with van der Waals surface area (Å²) in [5.41, 5.74) is 0. The summed E-state index contributed by atoms with van der Waals surface area (Å²) in [6.45, 7) is 6.48. The van der Waals surface area contributed by atoms with E-state index >= 15 is 0 Å². The zero-order valence-electron chi connectivity index (χ0n) is 13.5. The highest BCUT2D eigenvalue weighted by atomic mass is 16.5. The van der Waals surface area contributed by atoms with Crippen LogP contribution in [0.2, 0.25) is 0 Å². The van der Waals surface area contributed by atoms with Crippen LogP contribution in [0.3, 0.4) is 0 Å². The maximum Gasteiger partial charge on any atom is 0.233 e. The van der Waals surface area contributed by atoms with Gasteiger partial charge in [-0.05, 0) is 31.5 Å². The second-order valence-corrected chi connectivity index (χ2v) is 5.66. The van der Waals surface area contributed by atoms with Crippen LogP contribution >= 0.6 is 0 Å². The summed E-state index contributed by atoms with van der Waals surface area (Å²) in [6, 6.07) is 9.97. The van der Waals surface area contributed by atoms with Gasteiger partial charge in [-0.2, -0.15) is 0 Å². The molecule has 0 aliphatic carbocycles. The van der Waals surface area contributed by atoms with Gasteiger partial charge < -0.3 is 15.0 Å². The van der Waals surface area contributed by atoms with E-state index in [-0.39, 0.29) is 5.91 Å². The molecule has 1 fully saturated rings. The molecule has 0 atom stereocenters. The Balaban J connectivity index is 1.51. The number of carbonyl (C=O) groups is 1. The van der Waals surface area contributed by atoms with Gasteiger partial charge in [-0.25, -0.2) is 0 Å². The van der Waals surface area contributed by atoms with Crippen LogP contribution in [0.1, 0.15) is 12.8 Å². The van der Waals surface area contributed by atoms with Crippen molar-refractivity contribution in [3.8, 4) is 5.75 Å². The topological polar surface area (TPSA) is 44.8 Å². The van der Waals surface area contributed by atoms with Crippen LogP contribution in [0, 0.1) is 0 Å². The van der Waals surface area contributed by atoms with E-state index in [1.165, 1.54) is 0 Å². The molecule has 2 rings (SSSR count). The van der Waals surface area contributed by atoms with Crippen LogP contribution in [0.25, 0.3) is 0 Å². The number of rotatable bonds is 8. The smallest absolute Gasteiger partial charge is 0.233 e. The molecule has 1 aliphatic heterocycles. The molecule has 0 unspecified atom stereocenters. The maximum absolute atomic E-state index is 11.3. The quantitative estimate of drug-likeness (QED) is 0.733. The van der Waals surface area contributed by atoms with Gasteiger partial charge in [0.05, 0.1) is 13.2 Å². The SMILES string of the molecule is CNC(=O)CN1CCN(CCCCOc2ccccc2)CC1. The van der Waals surface area contributed by atoms with Crippen molar-refractivity contribution in [2.75, 3.05) is 52.9 Å². The minimum absolute atomic E-state index is 0.103. The molecule has 22 heavy (non-hydrogen) atoms. The molecule has 1 saturated heterocycles. The Hall–Kier alpha value is -1.59. The van der Waals surface area contributed by atoms with Gasteiger partial charge in [0.2, 0.25) is 5.91 Å². The van der Waals surface area contributed by atoms with Gasteiger partial charge >= 0.3 is 0 Å². The fourth-order valence-electron chi connectivity index (χ4n) is 2.60. The second kappa shape index (κ2) is 9.43. The van der Waals surface area contributed by atoms with Crippen LogP contribution in [-0.2, 0) is 4.79 Å². The molecule has 1 amide bonds. The second-order valence-electron chi connectivity index (χ2n) is 5.66. The molecular weight excluding hydrogens is 278 g/mol. The van der Waals surface area contributed by atoms with Gasteiger partial charge in [-0.15, -0.1) is 0 Å². The maximum atomic E-state index is 11.3. The highest BCUT2D eigenvalue weighted by molar-refractivity contribution is 5.77. The van der Waals surface area contributed by atoms with Crippen molar-refractivity contribution >= 4 is 5.91 Å². The van der Waals surface area contributed by atoms with Gasteiger partial charge in [0.25, 0.3) is 0 Å². The number of hydrogen-bond acceptors (Lipinski definition) is 4. The molecule has 1 aromatic carbocycles. The molecule has 0 bridgehead atoms. The predicted molar refractivity (Wildman–Crippen MR) is 88.1 cm³/mol. The highest BCUT2D eigenvalue weighted by Gasteiger charge is 2.17. The lowest BCUT2D eigenvalue weighted by Gasteiger charge is -2.34. The normalized spacial score (nSPS) is 16.4. The van der Waals surface area contributed by atoms with E-state index in [1.54, 1.807) is 7.05 Å². The number of carbonyl (C=O) groups excluding carboxylic acids is 1. The Labute approximate surface area is 133 Å². The number of unbranched alkanes of at least 4 members (excludes halogenated alkanes) is 1. The number of piperazine rings is 1. The lowest BCUT2D eigenvalue weighted by molar-refractivity contribution is -0.122. The zero-order valence-corrected chi connectivity index (χ0v) is 13.5. The summed E-state index contributed by atoms with van der Waals surface area (Å²) in [5, 5.41) is 2.68. The minimum Gasteiger partial charge on any atom is -0.494 e. The molecule has 5 nitrogen and oxygen atoms in total. The first-order valence-corrected chi connectivity index (χ1v) is 8.11. The third-order valence-corrected chi connectivity index (χ3v) is 3.99. The van der Waals surface area contributed by atoms with E-state index in [0.29, 0.717) is 6.54 Å². The molecule has 1 N–H and O–H groups in total. The van der Waals surface area contributed by atoms with E-state index < -0.39 is 0 Å². The van der Waals surface area contributed by atoms with Crippen molar-refractivity contribution in [1.29, 1.82) is 0 Å². The van der Waals surface area contributed by atoms with Gasteiger partial charge in [0.1, 0.15) is 5.75 Å². The van der Waals surface area contributed by atoms with Crippen LogP contribution < -0.4 is 10.1 Å². The summed E-state index contributed by atoms with van der Waals surface area (Å²) in [6.07, 6.45) is 2.23. The average molecular weight is 305 g/mol. The lowest BCUT2D eigenvalue weighted by atomic mass is 10.2. The summed E-state index contributed by atoms with van der Waals surface area (Å²) >= 11 is 0. The van der Waals surface area contributed by atoms with Crippen molar-refractivity contribution < 1.29 is 9.53 Å². The van der Waals surface area contributed by atoms with Crippen LogP contribution in [0.4, 0.5) is 0 Å². The molecule has 0 saturated carbocycles. The fraction of sp³-hybridized carbons (Fsp3) is 0.588. The van der Waals surface area contributed by atoms with Crippen molar-refractivity contribution in [3.05, 3.63) is 30.3 Å². The first-order chi connectivity index (χ1) is 10.8. The van der Waals surface area contributed by atoms with Crippen molar-refractivity contribution in [2.24, 2.45) is 0 Å². The number of ether oxygens (including phenoxy) is 1. The molecule has 0 spiro atoms. The van der Waals surface area contributed by atoms with Crippen molar-refractivity contribution in [1.82, 2.24) is 15.1 Å². The van der Waals surface area contributed by atoms with Crippen LogP contribution in [0.15, 0.2) is 30.3 Å². The number of para-hydroxylation sites is 1. The first kappa shape index (κ1) is 16.8. The number of benzene rings is 1. The van der Waals surface area contributed by atoms with E-state index in [9.17, 15) is 4.79 Å². The molecule has 1 aromatic rings. The molecule has 1 heterocycles. The molecule has 1 aliphatic rings. The summed E-state index contributed by atoms with van der Waals surface area (Å²) in [4.78, 5) is 16.0. The standard InChI is InChI=1S/C17H27N3O2/c1-18-17(21)15-20-12-10-19(11-13-20)9-5-6-14-22-16-7-3-2-4-8-16/h2-4,7-8H,5-6,9-15H2,1H3,(H,18,21). The largest absolute Gasteiger partial charge is 0.494 e. The number of likely N-dealkylation sites (N-methyl/N-ethyl adjacent to an activating group) is 1.